The van der Waals surface area contributed by atoms with Gasteiger partial charge in [0.1, 0.15) is 0 Å². The zero-order valence-electron chi connectivity index (χ0n) is 10.9. The Hall–Kier alpha value is -1.68. The lowest BCUT2D eigenvalue weighted by atomic mass is 10.1. The highest BCUT2D eigenvalue weighted by Crippen LogP contribution is 2.20. The molecule has 0 bridgehead atoms. The van der Waals surface area contributed by atoms with E-state index in [2.05, 4.69) is 53.6 Å². The van der Waals surface area contributed by atoms with E-state index in [0.717, 1.165) is 22.8 Å². The van der Waals surface area contributed by atoms with E-state index in [0.29, 0.717) is 0 Å². The van der Waals surface area contributed by atoms with Crippen LogP contribution in [0.15, 0.2) is 29.4 Å². The van der Waals surface area contributed by atoms with Crippen molar-refractivity contribution >= 4 is 22.7 Å². The fourth-order valence-corrected chi connectivity index (χ4v) is 2.29. The number of hydrazone groups is 1. The van der Waals surface area contributed by atoms with Crippen LogP contribution in [0.25, 0.3) is 0 Å². The van der Waals surface area contributed by atoms with Gasteiger partial charge in [0, 0.05) is 4.88 Å². The third-order valence-electron chi connectivity index (χ3n) is 2.79. The maximum absolute atomic E-state index is 4.36. The topological polar surface area (TPSA) is 37.3 Å². The van der Waals surface area contributed by atoms with Crippen molar-refractivity contribution in [2.24, 2.45) is 5.10 Å². The Morgan fingerprint density at radius 2 is 2.00 bits per heavy atom. The molecule has 0 unspecified atom stereocenters. The molecule has 18 heavy (non-hydrogen) atoms. The molecular formula is C14H17N3S. The molecule has 4 heteroatoms. The number of nitrogens with zero attached hydrogens (tertiary/aromatic N) is 2. The standard InChI is InChI=1S/C14H17N3S/c1-4-12-5-7-13(8-6-12)9-15-17-14-16-10(2)11(3)18-14/h5-9H,4H2,1-3H3,(H,16,17)/b15-9-. The normalized spacial score (nSPS) is 11.1. The van der Waals surface area contributed by atoms with Crippen LogP contribution in [-0.2, 0) is 6.42 Å². The molecule has 0 aliphatic carbocycles. The molecule has 3 nitrogen and oxygen atoms in total. The Bertz CT molecular complexity index is 521. The van der Waals surface area contributed by atoms with Crippen molar-refractivity contribution in [3.63, 3.8) is 0 Å². The number of nitrogens with one attached hydrogen (secondary N) is 1. The monoisotopic (exact) mass is 259 g/mol. The Balaban J connectivity index is 1.98. The van der Waals surface area contributed by atoms with Gasteiger partial charge in [0.25, 0.3) is 0 Å². The van der Waals surface area contributed by atoms with Gasteiger partial charge in [-0.1, -0.05) is 31.2 Å². The third-order valence-corrected chi connectivity index (χ3v) is 3.77. The van der Waals surface area contributed by atoms with Crippen LogP contribution in [0.3, 0.4) is 0 Å². The van der Waals surface area contributed by atoms with Crippen molar-refractivity contribution in [1.82, 2.24) is 4.98 Å². The van der Waals surface area contributed by atoms with Crippen molar-refractivity contribution in [3.05, 3.63) is 46.0 Å². The van der Waals surface area contributed by atoms with E-state index in [1.165, 1.54) is 10.4 Å². The van der Waals surface area contributed by atoms with Gasteiger partial charge in [0.05, 0.1) is 11.9 Å². The maximum Gasteiger partial charge on any atom is 0.203 e. The summed E-state index contributed by atoms with van der Waals surface area (Å²) in [6.45, 7) is 6.22. The van der Waals surface area contributed by atoms with Gasteiger partial charge in [-0.15, -0.1) is 11.3 Å². The Kier molecular flexibility index (Phi) is 4.10. The highest BCUT2D eigenvalue weighted by molar-refractivity contribution is 7.15. The first kappa shape index (κ1) is 12.8. The second-order valence-electron chi connectivity index (χ2n) is 4.13. The second kappa shape index (κ2) is 5.78. The van der Waals surface area contributed by atoms with Crippen molar-refractivity contribution in [2.75, 3.05) is 5.43 Å². The molecule has 0 spiro atoms. The molecular weight excluding hydrogens is 242 g/mol. The Labute approximate surface area is 112 Å². The van der Waals surface area contributed by atoms with E-state index < -0.39 is 0 Å². The zero-order chi connectivity index (χ0) is 13.0. The van der Waals surface area contributed by atoms with Crippen molar-refractivity contribution in [2.45, 2.75) is 27.2 Å². The molecule has 2 aromatic rings. The summed E-state index contributed by atoms with van der Waals surface area (Å²) in [5, 5.41) is 5.03. The van der Waals surface area contributed by atoms with Gasteiger partial charge in [0.2, 0.25) is 5.13 Å². The van der Waals surface area contributed by atoms with Gasteiger partial charge < -0.3 is 0 Å². The molecule has 0 saturated heterocycles. The minimum absolute atomic E-state index is 0.839. The summed E-state index contributed by atoms with van der Waals surface area (Å²) >= 11 is 1.62. The molecule has 2 rings (SSSR count). The molecule has 1 aromatic carbocycles. The largest absolute Gasteiger partial charge is 0.253 e. The van der Waals surface area contributed by atoms with Crippen molar-refractivity contribution < 1.29 is 0 Å². The molecule has 94 valence electrons. The van der Waals surface area contributed by atoms with Crippen LogP contribution < -0.4 is 5.43 Å². The first-order valence-corrected chi connectivity index (χ1v) is 6.82. The number of thiazole rings is 1. The summed E-state index contributed by atoms with van der Waals surface area (Å²) in [7, 11) is 0. The summed E-state index contributed by atoms with van der Waals surface area (Å²) in [5.74, 6) is 0. The molecule has 1 N–H and O–H groups in total. The fourth-order valence-electron chi connectivity index (χ4n) is 1.52. The number of aromatic nitrogens is 1. The lowest BCUT2D eigenvalue weighted by molar-refractivity contribution is 1.14. The van der Waals surface area contributed by atoms with Crippen LogP contribution in [0.2, 0.25) is 0 Å². The molecule has 1 aromatic heterocycles. The van der Waals surface area contributed by atoms with E-state index in [1.54, 1.807) is 11.3 Å². The first-order valence-electron chi connectivity index (χ1n) is 6.01. The second-order valence-corrected chi connectivity index (χ2v) is 5.33. The van der Waals surface area contributed by atoms with Crippen molar-refractivity contribution in [1.29, 1.82) is 0 Å². The molecule has 0 radical (unpaired) electrons. The molecule has 0 aliphatic heterocycles. The Morgan fingerprint density at radius 1 is 1.28 bits per heavy atom. The lowest BCUT2D eigenvalue weighted by Crippen LogP contribution is -1.90. The molecule has 0 saturated carbocycles. The number of benzene rings is 1. The maximum atomic E-state index is 4.36. The van der Waals surface area contributed by atoms with E-state index in [-0.39, 0.29) is 0 Å². The van der Waals surface area contributed by atoms with Crippen LogP contribution in [0.4, 0.5) is 5.13 Å². The summed E-state index contributed by atoms with van der Waals surface area (Å²) in [4.78, 5) is 5.58. The van der Waals surface area contributed by atoms with Gasteiger partial charge in [0.15, 0.2) is 0 Å². The van der Waals surface area contributed by atoms with E-state index >= 15 is 0 Å². The van der Waals surface area contributed by atoms with Gasteiger partial charge in [-0.3, -0.25) is 5.43 Å². The number of anilines is 1. The average Bonchev–Trinajstić information content (AvgIpc) is 2.69. The van der Waals surface area contributed by atoms with Gasteiger partial charge >= 0.3 is 0 Å². The van der Waals surface area contributed by atoms with E-state index in [4.69, 9.17) is 0 Å². The predicted molar refractivity (Wildman–Crippen MR) is 78.6 cm³/mol. The third kappa shape index (κ3) is 3.17. The number of hydrogen-bond donors (Lipinski definition) is 1. The minimum atomic E-state index is 0.839. The fraction of sp³-hybridized carbons (Fsp3) is 0.286. The smallest absolute Gasteiger partial charge is 0.203 e. The number of hydrogen-bond acceptors (Lipinski definition) is 4. The highest BCUT2D eigenvalue weighted by atomic mass is 32.1. The van der Waals surface area contributed by atoms with E-state index in [1.807, 2.05) is 13.1 Å². The van der Waals surface area contributed by atoms with Crippen LogP contribution in [0.5, 0.6) is 0 Å². The first-order chi connectivity index (χ1) is 8.69. The minimum Gasteiger partial charge on any atom is -0.253 e. The summed E-state index contributed by atoms with van der Waals surface area (Å²) in [5.41, 5.74) is 6.45. The average molecular weight is 259 g/mol. The molecule has 0 fully saturated rings. The van der Waals surface area contributed by atoms with Crippen LogP contribution >= 0.6 is 11.3 Å². The summed E-state index contributed by atoms with van der Waals surface area (Å²) < 4.78 is 0. The van der Waals surface area contributed by atoms with E-state index in [9.17, 15) is 0 Å². The predicted octanol–water partition coefficient (Wildman–Crippen LogP) is 3.77. The highest BCUT2D eigenvalue weighted by Gasteiger charge is 2.00. The van der Waals surface area contributed by atoms with Gasteiger partial charge in [-0.25, -0.2) is 4.98 Å². The van der Waals surface area contributed by atoms with Crippen LogP contribution in [0.1, 0.15) is 28.6 Å². The molecule has 0 atom stereocenters. The number of rotatable bonds is 4. The van der Waals surface area contributed by atoms with Crippen LogP contribution in [0, 0.1) is 13.8 Å². The van der Waals surface area contributed by atoms with Gasteiger partial charge in [-0.2, -0.15) is 5.10 Å². The lowest BCUT2D eigenvalue weighted by Gasteiger charge is -1.97. The molecule has 1 heterocycles. The number of aryl methyl sites for hydroxylation is 3. The Morgan fingerprint density at radius 3 is 2.56 bits per heavy atom. The van der Waals surface area contributed by atoms with Gasteiger partial charge in [-0.05, 0) is 31.4 Å². The SMILES string of the molecule is CCc1ccc(/C=N\Nc2nc(C)c(C)s2)cc1. The summed E-state index contributed by atoms with van der Waals surface area (Å²) in [6.07, 6.45) is 2.87. The summed E-state index contributed by atoms with van der Waals surface area (Å²) in [6, 6.07) is 8.39. The van der Waals surface area contributed by atoms with Crippen molar-refractivity contribution in [3.8, 4) is 0 Å². The molecule has 0 aliphatic rings. The molecule has 0 amide bonds. The quantitative estimate of drug-likeness (QED) is 0.670. The zero-order valence-corrected chi connectivity index (χ0v) is 11.7. The van der Waals surface area contributed by atoms with Crippen LogP contribution in [-0.4, -0.2) is 11.2 Å².